The van der Waals surface area contributed by atoms with Crippen LogP contribution in [0.25, 0.3) is 21.9 Å². The Morgan fingerprint density at radius 1 is 1.00 bits per heavy atom. The fourth-order valence-electron chi connectivity index (χ4n) is 4.18. The molecule has 0 atom stereocenters. The SMILES string of the molecule is C=C(C)C(=O)NCCOC(=O)NCc1ccc(Cn2c(CC(=O)OCC)nc3c(N)nc4ccccc4c32)cc1. The second kappa shape index (κ2) is 12.7. The van der Waals surface area contributed by atoms with Crippen molar-refractivity contribution in [2.75, 3.05) is 25.5 Å². The molecule has 4 rings (SSSR count). The average Bonchev–Trinajstić information content (AvgIpc) is 3.29. The van der Waals surface area contributed by atoms with Crippen molar-refractivity contribution in [3.63, 3.8) is 0 Å². The van der Waals surface area contributed by atoms with Crippen molar-refractivity contribution in [1.82, 2.24) is 25.2 Å². The fourth-order valence-corrected chi connectivity index (χ4v) is 4.18. The van der Waals surface area contributed by atoms with E-state index >= 15 is 0 Å². The first-order chi connectivity index (χ1) is 19.3. The van der Waals surface area contributed by atoms with Crippen LogP contribution in [0, 0.1) is 0 Å². The van der Waals surface area contributed by atoms with Gasteiger partial charge in [-0.2, -0.15) is 0 Å². The number of nitrogens with zero attached hydrogens (tertiary/aromatic N) is 3. The largest absolute Gasteiger partial charge is 0.466 e. The predicted octanol–water partition coefficient (Wildman–Crippen LogP) is 3.24. The smallest absolute Gasteiger partial charge is 0.407 e. The molecule has 0 unspecified atom stereocenters. The van der Waals surface area contributed by atoms with Crippen molar-refractivity contribution in [1.29, 1.82) is 0 Å². The van der Waals surface area contributed by atoms with Crippen LogP contribution in [0.5, 0.6) is 0 Å². The molecule has 0 saturated carbocycles. The summed E-state index contributed by atoms with van der Waals surface area (Å²) in [5, 5.41) is 6.17. The van der Waals surface area contributed by atoms with Gasteiger partial charge in [0.25, 0.3) is 0 Å². The van der Waals surface area contributed by atoms with E-state index in [2.05, 4.69) is 27.2 Å². The van der Waals surface area contributed by atoms with Crippen LogP contribution < -0.4 is 16.4 Å². The Kier molecular flexibility index (Phi) is 8.95. The van der Waals surface area contributed by atoms with Gasteiger partial charge < -0.3 is 30.4 Å². The summed E-state index contributed by atoms with van der Waals surface area (Å²) in [5.74, 6) is 0.172. The average molecular weight is 545 g/mol. The number of imidazole rings is 1. The molecule has 0 bridgehead atoms. The summed E-state index contributed by atoms with van der Waals surface area (Å²) in [4.78, 5) is 45.0. The molecule has 11 nitrogen and oxygen atoms in total. The lowest BCUT2D eigenvalue weighted by Crippen LogP contribution is -2.31. The molecule has 0 fully saturated rings. The zero-order valence-corrected chi connectivity index (χ0v) is 22.5. The van der Waals surface area contributed by atoms with E-state index in [0.29, 0.717) is 29.3 Å². The first-order valence-electron chi connectivity index (χ1n) is 12.9. The number of hydrogen-bond donors (Lipinski definition) is 3. The van der Waals surface area contributed by atoms with E-state index in [4.69, 9.17) is 15.2 Å². The minimum Gasteiger partial charge on any atom is -0.466 e. The molecule has 4 aromatic rings. The highest BCUT2D eigenvalue weighted by Gasteiger charge is 2.20. The lowest BCUT2D eigenvalue weighted by atomic mass is 10.1. The van der Waals surface area contributed by atoms with Crippen molar-refractivity contribution in [3.8, 4) is 0 Å². The number of rotatable bonds is 11. The van der Waals surface area contributed by atoms with Gasteiger partial charge in [0.15, 0.2) is 5.82 Å². The van der Waals surface area contributed by atoms with Gasteiger partial charge in [0.1, 0.15) is 24.4 Å². The Morgan fingerprint density at radius 2 is 1.73 bits per heavy atom. The van der Waals surface area contributed by atoms with Crippen LogP contribution >= 0.6 is 0 Å². The van der Waals surface area contributed by atoms with Crippen molar-refractivity contribution in [2.45, 2.75) is 33.4 Å². The molecule has 11 heteroatoms. The number of benzene rings is 2. The molecule has 0 radical (unpaired) electrons. The summed E-state index contributed by atoms with van der Waals surface area (Å²) in [6.07, 6.45) is -0.586. The number of pyridine rings is 1. The number of nitrogens with two attached hydrogens (primary N) is 1. The van der Waals surface area contributed by atoms with Gasteiger partial charge in [0, 0.05) is 24.0 Å². The number of para-hydroxylation sites is 1. The van der Waals surface area contributed by atoms with Gasteiger partial charge in [-0.25, -0.2) is 14.8 Å². The number of nitrogens with one attached hydrogen (secondary N) is 2. The van der Waals surface area contributed by atoms with Crippen molar-refractivity contribution < 1.29 is 23.9 Å². The number of hydrogen-bond acceptors (Lipinski definition) is 8. The Hall–Kier alpha value is -4.93. The number of anilines is 1. The zero-order chi connectivity index (χ0) is 28.6. The molecule has 2 heterocycles. The zero-order valence-electron chi connectivity index (χ0n) is 22.5. The quantitative estimate of drug-likeness (QED) is 0.148. The van der Waals surface area contributed by atoms with Crippen LogP contribution in [0.1, 0.15) is 30.8 Å². The third kappa shape index (κ3) is 6.73. The number of carbonyl (C=O) groups is 3. The third-order valence-corrected chi connectivity index (χ3v) is 6.11. The molecular formula is C29H32N6O5. The maximum Gasteiger partial charge on any atom is 0.407 e. The second-order valence-electron chi connectivity index (χ2n) is 9.15. The first-order valence-corrected chi connectivity index (χ1v) is 12.9. The Labute approximate surface area is 231 Å². The van der Waals surface area contributed by atoms with Crippen molar-refractivity contribution >= 4 is 45.7 Å². The van der Waals surface area contributed by atoms with Crippen LogP contribution in [0.15, 0.2) is 60.7 Å². The third-order valence-electron chi connectivity index (χ3n) is 6.11. The molecule has 2 amide bonds. The molecule has 40 heavy (non-hydrogen) atoms. The van der Waals surface area contributed by atoms with Gasteiger partial charge >= 0.3 is 12.1 Å². The highest BCUT2D eigenvalue weighted by atomic mass is 16.5. The number of nitrogen functional groups attached to an aromatic ring is 1. The first kappa shape index (κ1) is 28.1. The Morgan fingerprint density at radius 3 is 2.45 bits per heavy atom. The summed E-state index contributed by atoms with van der Waals surface area (Å²) in [7, 11) is 0. The fraction of sp³-hybridized carbons (Fsp3) is 0.276. The van der Waals surface area contributed by atoms with Crippen LogP contribution in [0.2, 0.25) is 0 Å². The number of amides is 2. The molecule has 0 aliphatic heterocycles. The van der Waals surface area contributed by atoms with E-state index in [1.54, 1.807) is 13.8 Å². The molecule has 0 aliphatic carbocycles. The van der Waals surface area contributed by atoms with Gasteiger partial charge in [-0.1, -0.05) is 49.0 Å². The number of carbonyl (C=O) groups excluding carboxylic acids is 3. The normalized spacial score (nSPS) is 10.8. The summed E-state index contributed by atoms with van der Waals surface area (Å²) < 4.78 is 12.2. The summed E-state index contributed by atoms with van der Waals surface area (Å²) in [5.41, 5.74) is 10.6. The van der Waals surface area contributed by atoms with Crippen LogP contribution in [-0.2, 0) is 38.6 Å². The standard InChI is InChI=1S/C29H32N6O5/c1-4-39-24(36)15-23-34-25-26(21-7-5-6-8-22(21)33-27(25)30)35(23)17-20-11-9-19(10-12-20)16-32-29(38)40-14-13-31-28(37)18(2)3/h5-12H,2,4,13-17H2,1,3H3,(H2,30,33)(H,31,37)(H,32,38). The van der Waals surface area contributed by atoms with Gasteiger partial charge in [-0.15, -0.1) is 0 Å². The molecule has 0 spiro atoms. The minimum atomic E-state index is -0.583. The highest BCUT2D eigenvalue weighted by Crippen LogP contribution is 2.29. The lowest BCUT2D eigenvalue weighted by molar-refractivity contribution is -0.142. The van der Waals surface area contributed by atoms with Gasteiger partial charge in [-0.05, 0) is 31.0 Å². The Balaban J connectivity index is 1.47. The van der Waals surface area contributed by atoms with Crippen LogP contribution in [-0.4, -0.2) is 52.3 Å². The van der Waals surface area contributed by atoms with E-state index in [-0.39, 0.29) is 44.6 Å². The second-order valence-corrected chi connectivity index (χ2v) is 9.15. The number of alkyl carbamates (subject to hydrolysis) is 1. The van der Waals surface area contributed by atoms with E-state index in [9.17, 15) is 14.4 Å². The number of fused-ring (bicyclic) bond motifs is 3. The summed E-state index contributed by atoms with van der Waals surface area (Å²) in [6, 6.07) is 15.4. The van der Waals surface area contributed by atoms with Gasteiger partial charge in [0.2, 0.25) is 5.91 Å². The topological polar surface area (TPSA) is 150 Å². The monoisotopic (exact) mass is 544 g/mol. The minimum absolute atomic E-state index is 0.00270. The van der Waals surface area contributed by atoms with E-state index in [1.807, 2.05) is 53.1 Å². The van der Waals surface area contributed by atoms with E-state index < -0.39 is 6.09 Å². The molecule has 4 N–H and O–H groups in total. The van der Waals surface area contributed by atoms with Gasteiger partial charge in [-0.3, -0.25) is 9.59 Å². The highest BCUT2D eigenvalue weighted by molar-refractivity contribution is 6.06. The summed E-state index contributed by atoms with van der Waals surface area (Å²) in [6.45, 7) is 8.14. The van der Waals surface area contributed by atoms with Gasteiger partial charge in [0.05, 0.1) is 24.2 Å². The van der Waals surface area contributed by atoms with E-state index in [0.717, 1.165) is 27.5 Å². The molecule has 2 aromatic heterocycles. The molecule has 208 valence electrons. The molecule has 0 aliphatic rings. The molecule has 0 saturated heterocycles. The summed E-state index contributed by atoms with van der Waals surface area (Å²) >= 11 is 0. The lowest BCUT2D eigenvalue weighted by Gasteiger charge is -2.12. The number of esters is 1. The maximum absolute atomic E-state index is 12.4. The number of aromatic nitrogens is 3. The van der Waals surface area contributed by atoms with Crippen molar-refractivity contribution in [2.24, 2.45) is 0 Å². The van der Waals surface area contributed by atoms with E-state index in [1.165, 1.54) is 0 Å². The maximum atomic E-state index is 12.4. The van der Waals surface area contributed by atoms with Crippen molar-refractivity contribution in [3.05, 3.63) is 77.6 Å². The molecular weight excluding hydrogens is 512 g/mol. The predicted molar refractivity (Wildman–Crippen MR) is 151 cm³/mol. The van der Waals surface area contributed by atoms with Crippen LogP contribution in [0.3, 0.4) is 0 Å². The number of ether oxygens (including phenoxy) is 2. The molecule has 2 aromatic carbocycles. The van der Waals surface area contributed by atoms with Crippen LogP contribution in [0.4, 0.5) is 10.6 Å². The Bertz CT molecular complexity index is 1560.